The van der Waals surface area contributed by atoms with E-state index in [1.807, 2.05) is 19.9 Å². The summed E-state index contributed by atoms with van der Waals surface area (Å²) in [6, 6.07) is 5.42. The molecule has 0 unspecified atom stereocenters. The summed E-state index contributed by atoms with van der Waals surface area (Å²) in [6.07, 6.45) is 0. The summed E-state index contributed by atoms with van der Waals surface area (Å²) < 4.78 is 0. The van der Waals surface area contributed by atoms with Crippen molar-refractivity contribution in [2.75, 3.05) is 40.3 Å². The Morgan fingerprint density at radius 3 is 2.08 bits per heavy atom. The Labute approximate surface area is 147 Å². The van der Waals surface area contributed by atoms with Gasteiger partial charge < -0.3 is 14.7 Å². The van der Waals surface area contributed by atoms with Gasteiger partial charge in [-0.05, 0) is 32.0 Å². The molecule has 1 aliphatic rings. The fraction of sp³-hybridized carbons (Fsp3) is 0.444. The highest BCUT2D eigenvalue weighted by Gasteiger charge is 2.25. The molecule has 1 saturated heterocycles. The smallest absolute Gasteiger partial charge is 0.319 e. The third-order valence-electron chi connectivity index (χ3n) is 4.54. The van der Waals surface area contributed by atoms with Gasteiger partial charge in [-0.3, -0.25) is 4.79 Å². The van der Waals surface area contributed by atoms with Gasteiger partial charge in [0.2, 0.25) is 0 Å². The zero-order valence-electron chi connectivity index (χ0n) is 15.1. The van der Waals surface area contributed by atoms with E-state index in [9.17, 15) is 9.59 Å². The number of piperazine rings is 1. The maximum absolute atomic E-state index is 12.8. The first-order valence-corrected chi connectivity index (χ1v) is 8.37. The van der Waals surface area contributed by atoms with E-state index < -0.39 is 0 Å². The van der Waals surface area contributed by atoms with Crippen molar-refractivity contribution in [3.63, 3.8) is 0 Å². The van der Waals surface area contributed by atoms with Gasteiger partial charge in [0.15, 0.2) is 0 Å². The molecule has 0 N–H and O–H groups in total. The molecule has 3 rings (SSSR count). The summed E-state index contributed by atoms with van der Waals surface area (Å²) in [7, 11) is 3.47. The summed E-state index contributed by atoms with van der Waals surface area (Å²) >= 11 is 0. The molecule has 0 bridgehead atoms. The second-order valence-corrected chi connectivity index (χ2v) is 6.55. The Hall–Kier alpha value is -2.70. The van der Waals surface area contributed by atoms with Crippen LogP contribution >= 0.6 is 0 Å². The first-order chi connectivity index (χ1) is 11.9. The van der Waals surface area contributed by atoms with Crippen LogP contribution < -0.4 is 0 Å². The maximum Gasteiger partial charge on any atom is 0.319 e. The van der Waals surface area contributed by atoms with E-state index in [4.69, 9.17) is 0 Å². The summed E-state index contributed by atoms with van der Waals surface area (Å²) in [5, 5.41) is 0. The molecule has 1 aromatic heterocycles. The number of carbonyl (C=O) groups excluding carboxylic acids is 2. The number of benzene rings is 1. The van der Waals surface area contributed by atoms with Crippen molar-refractivity contribution in [1.29, 1.82) is 0 Å². The lowest BCUT2D eigenvalue weighted by atomic mass is 10.1. The predicted molar refractivity (Wildman–Crippen MR) is 95.6 cm³/mol. The van der Waals surface area contributed by atoms with E-state index in [1.165, 1.54) is 0 Å². The molecule has 0 spiro atoms. The maximum atomic E-state index is 12.8. The Kier molecular flexibility index (Phi) is 4.57. The molecule has 0 saturated carbocycles. The largest absolute Gasteiger partial charge is 0.335 e. The number of amides is 3. The molecule has 3 amide bonds. The average Bonchev–Trinajstić information content (AvgIpc) is 2.61. The highest BCUT2D eigenvalue weighted by molar-refractivity contribution is 5.97. The number of rotatable bonds is 1. The highest BCUT2D eigenvalue weighted by atomic mass is 16.2. The summed E-state index contributed by atoms with van der Waals surface area (Å²) in [5.41, 5.74) is 3.90. The van der Waals surface area contributed by atoms with Gasteiger partial charge in [-0.15, -0.1) is 0 Å². The van der Waals surface area contributed by atoms with E-state index in [1.54, 1.807) is 40.9 Å². The minimum Gasteiger partial charge on any atom is -0.335 e. The van der Waals surface area contributed by atoms with Crippen molar-refractivity contribution >= 4 is 23.0 Å². The first-order valence-electron chi connectivity index (χ1n) is 8.37. The highest BCUT2D eigenvalue weighted by Crippen LogP contribution is 2.17. The molecule has 0 aliphatic carbocycles. The second-order valence-electron chi connectivity index (χ2n) is 6.55. The lowest BCUT2D eigenvalue weighted by molar-refractivity contribution is 0.0650. The molecule has 1 aliphatic heterocycles. The molecule has 2 heterocycles. The van der Waals surface area contributed by atoms with Crippen LogP contribution in [0.4, 0.5) is 4.79 Å². The van der Waals surface area contributed by atoms with E-state index in [0.29, 0.717) is 31.7 Å². The first kappa shape index (κ1) is 17.1. The molecule has 1 fully saturated rings. The zero-order valence-corrected chi connectivity index (χ0v) is 15.1. The van der Waals surface area contributed by atoms with Gasteiger partial charge in [0, 0.05) is 45.8 Å². The van der Waals surface area contributed by atoms with Gasteiger partial charge in [0.1, 0.15) is 0 Å². The Morgan fingerprint density at radius 2 is 1.48 bits per heavy atom. The van der Waals surface area contributed by atoms with Crippen LogP contribution in [-0.2, 0) is 0 Å². The molecular formula is C18H23N5O2. The molecule has 0 radical (unpaired) electrons. The number of aryl methyl sites for hydroxylation is 2. The van der Waals surface area contributed by atoms with Crippen LogP contribution in [0.3, 0.4) is 0 Å². The fourth-order valence-electron chi connectivity index (χ4n) is 2.93. The number of hydrogen-bond acceptors (Lipinski definition) is 4. The van der Waals surface area contributed by atoms with Gasteiger partial charge in [0.05, 0.1) is 22.4 Å². The standard InChI is InChI=1S/C18H23N5O2/c1-12-13(2)20-16-11-14(5-6-15(16)19-12)17(24)22-7-9-23(10-8-22)18(25)21(3)4/h5-6,11H,7-10H2,1-4H3. The van der Waals surface area contributed by atoms with E-state index in [-0.39, 0.29) is 11.9 Å². The Morgan fingerprint density at radius 1 is 0.920 bits per heavy atom. The van der Waals surface area contributed by atoms with Crippen LogP contribution in [0.25, 0.3) is 11.0 Å². The van der Waals surface area contributed by atoms with Crippen LogP contribution in [0.15, 0.2) is 18.2 Å². The van der Waals surface area contributed by atoms with Gasteiger partial charge in [0.25, 0.3) is 5.91 Å². The van der Waals surface area contributed by atoms with Gasteiger partial charge >= 0.3 is 6.03 Å². The van der Waals surface area contributed by atoms with Gasteiger partial charge in [-0.1, -0.05) is 0 Å². The predicted octanol–water partition coefficient (Wildman–Crippen LogP) is 1.69. The number of aromatic nitrogens is 2. The van der Waals surface area contributed by atoms with Crippen LogP contribution in [0.1, 0.15) is 21.7 Å². The van der Waals surface area contributed by atoms with Crippen molar-refractivity contribution in [2.24, 2.45) is 0 Å². The summed E-state index contributed by atoms with van der Waals surface area (Å²) in [6.45, 7) is 6.01. The molecule has 7 heteroatoms. The summed E-state index contributed by atoms with van der Waals surface area (Å²) in [5.74, 6) is -0.0288. The third-order valence-corrected chi connectivity index (χ3v) is 4.54. The van der Waals surface area contributed by atoms with E-state index >= 15 is 0 Å². The molecule has 132 valence electrons. The molecule has 0 atom stereocenters. The summed E-state index contributed by atoms with van der Waals surface area (Å²) in [4.78, 5) is 38.9. The third kappa shape index (κ3) is 3.40. The minimum absolute atomic E-state index is 0.0149. The van der Waals surface area contributed by atoms with Crippen LogP contribution in [0.5, 0.6) is 0 Å². The zero-order chi connectivity index (χ0) is 18.1. The molecule has 25 heavy (non-hydrogen) atoms. The van der Waals surface area contributed by atoms with Crippen molar-refractivity contribution in [3.05, 3.63) is 35.2 Å². The van der Waals surface area contributed by atoms with Crippen molar-refractivity contribution < 1.29 is 9.59 Å². The topological polar surface area (TPSA) is 69.6 Å². The van der Waals surface area contributed by atoms with Crippen LogP contribution in [0, 0.1) is 13.8 Å². The van der Waals surface area contributed by atoms with E-state index in [2.05, 4.69) is 9.97 Å². The number of urea groups is 1. The second kappa shape index (κ2) is 6.66. The number of carbonyl (C=O) groups is 2. The van der Waals surface area contributed by atoms with Gasteiger partial charge in [-0.25, -0.2) is 14.8 Å². The fourth-order valence-corrected chi connectivity index (χ4v) is 2.93. The van der Waals surface area contributed by atoms with Crippen molar-refractivity contribution in [2.45, 2.75) is 13.8 Å². The van der Waals surface area contributed by atoms with Crippen molar-refractivity contribution in [1.82, 2.24) is 24.7 Å². The lowest BCUT2D eigenvalue weighted by Gasteiger charge is -2.36. The Bertz CT molecular complexity index is 826. The molecule has 7 nitrogen and oxygen atoms in total. The number of nitrogens with zero attached hydrogens (tertiary/aromatic N) is 5. The lowest BCUT2D eigenvalue weighted by Crippen LogP contribution is -2.52. The quantitative estimate of drug-likeness (QED) is 0.791. The molecular weight excluding hydrogens is 318 g/mol. The number of hydrogen-bond donors (Lipinski definition) is 0. The molecule has 1 aromatic carbocycles. The van der Waals surface area contributed by atoms with Gasteiger partial charge in [-0.2, -0.15) is 0 Å². The SMILES string of the molecule is Cc1nc2ccc(C(=O)N3CCN(C(=O)N(C)C)CC3)cc2nc1C. The number of fused-ring (bicyclic) bond motifs is 1. The van der Waals surface area contributed by atoms with Crippen LogP contribution in [0.2, 0.25) is 0 Å². The minimum atomic E-state index is -0.0288. The van der Waals surface area contributed by atoms with Crippen LogP contribution in [-0.4, -0.2) is 76.9 Å². The van der Waals surface area contributed by atoms with E-state index in [0.717, 1.165) is 22.4 Å². The normalized spacial score (nSPS) is 14.7. The monoisotopic (exact) mass is 341 g/mol. The average molecular weight is 341 g/mol. The molecule has 2 aromatic rings. The van der Waals surface area contributed by atoms with Crippen molar-refractivity contribution in [3.8, 4) is 0 Å². The Balaban J connectivity index is 1.75.